The van der Waals surface area contributed by atoms with Crippen molar-refractivity contribution >= 4 is 0 Å². The Bertz CT molecular complexity index is 274. The molecule has 2 aliphatic carbocycles. The van der Waals surface area contributed by atoms with Gasteiger partial charge in [0.05, 0.1) is 13.2 Å². The molecule has 0 bridgehead atoms. The molecular weight excluding hydrogens is 272 g/mol. The summed E-state index contributed by atoms with van der Waals surface area (Å²) >= 11 is 0. The van der Waals surface area contributed by atoms with Gasteiger partial charge in [-0.25, -0.2) is 0 Å². The molecule has 3 rings (SSSR count). The van der Waals surface area contributed by atoms with Crippen molar-refractivity contribution in [2.45, 2.75) is 84.3 Å². The zero-order valence-corrected chi connectivity index (χ0v) is 14.8. The third-order valence-electron chi connectivity index (χ3n) is 6.94. The van der Waals surface area contributed by atoms with Crippen LogP contribution in [0.1, 0.15) is 78.1 Å². The van der Waals surface area contributed by atoms with E-state index in [1.807, 2.05) is 0 Å². The molecule has 1 saturated heterocycles. The second kappa shape index (κ2) is 8.15. The van der Waals surface area contributed by atoms with Gasteiger partial charge >= 0.3 is 0 Å². The molecule has 0 radical (unpaired) electrons. The minimum atomic E-state index is 0.112. The molecule has 0 unspecified atom stereocenters. The highest BCUT2D eigenvalue weighted by atomic mass is 16.7. The van der Waals surface area contributed by atoms with Crippen LogP contribution in [0.4, 0.5) is 0 Å². The summed E-state index contributed by atoms with van der Waals surface area (Å²) in [5.41, 5.74) is 0. The maximum absolute atomic E-state index is 6.18. The van der Waals surface area contributed by atoms with Crippen LogP contribution in [0.3, 0.4) is 0 Å². The molecule has 1 heterocycles. The summed E-state index contributed by atoms with van der Waals surface area (Å²) in [6.07, 6.45) is 13.9. The standard InChI is InChI=1S/C20H36O2/c1-3-15-5-9-17(10-6-15)19-13-21-20(22-14-19)18-11-7-16(4-2)8-12-18/h15-20H,3-14H2,1-2H3. The van der Waals surface area contributed by atoms with E-state index in [0.29, 0.717) is 11.8 Å². The van der Waals surface area contributed by atoms with Gasteiger partial charge in [-0.15, -0.1) is 0 Å². The summed E-state index contributed by atoms with van der Waals surface area (Å²) in [6, 6.07) is 0. The Morgan fingerprint density at radius 1 is 0.591 bits per heavy atom. The molecule has 0 aromatic carbocycles. The van der Waals surface area contributed by atoms with Gasteiger partial charge in [0.2, 0.25) is 0 Å². The second-order valence-electron chi connectivity index (χ2n) is 8.17. The van der Waals surface area contributed by atoms with Crippen molar-refractivity contribution < 1.29 is 9.47 Å². The lowest BCUT2D eigenvalue weighted by Gasteiger charge is -2.41. The summed E-state index contributed by atoms with van der Waals surface area (Å²) in [6.45, 7) is 6.59. The summed E-state index contributed by atoms with van der Waals surface area (Å²) in [4.78, 5) is 0. The summed E-state index contributed by atoms with van der Waals surface area (Å²) in [5.74, 6) is 4.14. The molecular formula is C20H36O2. The van der Waals surface area contributed by atoms with Gasteiger partial charge in [0, 0.05) is 11.8 Å². The van der Waals surface area contributed by atoms with E-state index in [1.165, 1.54) is 64.2 Å². The van der Waals surface area contributed by atoms with Gasteiger partial charge in [-0.1, -0.05) is 52.4 Å². The van der Waals surface area contributed by atoms with Crippen molar-refractivity contribution in [3.05, 3.63) is 0 Å². The van der Waals surface area contributed by atoms with Crippen LogP contribution in [0.15, 0.2) is 0 Å². The molecule has 0 amide bonds. The van der Waals surface area contributed by atoms with Crippen LogP contribution in [-0.4, -0.2) is 19.5 Å². The third kappa shape index (κ3) is 4.06. The van der Waals surface area contributed by atoms with E-state index in [4.69, 9.17) is 9.47 Å². The molecule has 22 heavy (non-hydrogen) atoms. The number of hydrogen-bond donors (Lipinski definition) is 0. The van der Waals surface area contributed by atoms with E-state index in [1.54, 1.807) is 0 Å². The SMILES string of the molecule is CCC1CCC(C2COC(C3CCC(CC)CC3)OC2)CC1. The van der Waals surface area contributed by atoms with Crippen LogP contribution < -0.4 is 0 Å². The van der Waals surface area contributed by atoms with Crippen molar-refractivity contribution in [1.29, 1.82) is 0 Å². The Balaban J connectivity index is 1.39. The molecule has 0 spiro atoms. The first-order valence-corrected chi connectivity index (χ1v) is 10.0. The first-order chi connectivity index (χ1) is 10.8. The molecule has 2 saturated carbocycles. The van der Waals surface area contributed by atoms with Gasteiger partial charge in [0.15, 0.2) is 6.29 Å². The van der Waals surface area contributed by atoms with E-state index in [9.17, 15) is 0 Å². The maximum Gasteiger partial charge on any atom is 0.160 e. The summed E-state index contributed by atoms with van der Waals surface area (Å²) in [7, 11) is 0. The average molecular weight is 309 g/mol. The fourth-order valence-corrected chi connectivity index (χ4v) is 5.01. The molecule has 3 fully saturated rings. The zero-order chi connectivity index (χ0) is 15.4. The molecule has 3 aliphatic rings. The fraction of sp³-hybridized carbons (Fsp3) is 1.00. The minimum absolute atomic E-state index is 0.112. The molecule has 2 nitrogen and oxygen atoms in total. The fourth-order valence-electron chi connectivity index (χ4n) is 5.01. The Kier molecular flexibility index (Phi) is 6.21. The lowest BCUT2D eigenvalue weighted by molar-refractivity contribution is -0.237. The predicted molar refractivity (Wildman–Crippen MR) is 90.7 cm³/mol. The van der Waals surface area contributed by atoms with Gasteiger partial charge in [0.1, 0.15) is 0 Å². The predicted octanol–water partition coefficient (Wildman–Crippen LogP) is 5.41. The highest BCUT2D eigenvalue weighted by Crippen LogP contribution is 2.39. The van der Waals surface area contributed by atoms with Crippen LogP contribution in [0, 0.1) is 29.6 Å². The molecule has 0 aromatic rings. The lowest BCUT2D eigenvalue weighted by atomic mass is 9.75. The lowest BCUT2D eigenvalue weighted by Crippen LogP contribution is -2.41. The van der Waals surface area contributed by atoms with E-state index in [2.05, 4.69) is 13.8 Å². The Labute approximate surface area is 137 Å². The van der Waals surface area contributed by atoms with Crippen LogP contribution in [0.25, 0.3) is 0 Å². The second-order valence-corrected chi connectivity index (χ2v) is 8.17. The quantitative estimate of drug-likeness (QED) is 0.691. The molecule has 0 aromatic heterocycles. The molecule has 0 N–H and O–H groups in total. The van der Waals surface area contributed by atoms with Crippen molar-refractivity contribution in [1.82, 2.24) is 0 Å². The first kappa shape index (κ1) is 16.8. The van der Waals surface area contributed by atoms with Crippen LogP contribution in [0.5, 0.6) is 0 Å². The van der Waals surface area contributed by atoms with E-state index in [0.717, 1.165) is 31.0 Å². The molecule has 0 atom stereocenters. The molecule has 1 aliphatic heterocycles. The Hall–Kier alpha value is -0.0800. The molecule has 128 valence electrons. The van der Waals surface area contributed by atoms with Crippen molar-refractivity contribution in [3.8, 4) is 0 Å². The summed E-state index contributed by atoms with van der Waals surface area (Å²) in [5, 5.41) is 0. The molecule has 2 heteroatoms. The van der Waals surface area contributed by atoms with E-state index >= 15 is 0 Å². The third-order valence-corrected chi connectivity index (χ3v) is 6.94. The van der Waals surface area contributed by atoms with Crippen molar-refractivity contribution in [2.24, 2.45) is 29.6 Å². The van der Waals surface area contributed by atoms with Crippen LogP contribution in [-0.2, 0) is 9.47 Å². The van der Waals surface area contributed by atoms with Gasteiger partial charge in [-0.3, -0.25) is 0 Å². The smallest absolute Gasteiger partial charge is 0.160 e. The monoisotopic (exact) mass is 308 g/mol. The number of ether oxygens (including phenoxy) is 2. The first-order valence-electron chi connectivity index (χ1n) is 10.0. The van der Waals surface area contributed by atoms with Crippen molar-refractivity contribution in [2.75, 3.05) is 13.2 Å². The number of rotatable bonds is 4. The Morgan fingerprint density at radius 2 is 1.05 bits per heavy atom. The van der Waals surface area contributed by atoms with Gasteiger partial charge in [-0.2, -0.15) is 0 Å². The summed E-state index contributed by atoms with van der Waals surface area (Å²) < 4.78 is 12.4. The minimum Gasteiger partial charge on any atom is -0.352 e. The topological polar surface area (TPSA) is 18.5 Å². The Morgan fingerprint density at radius 3 is 1.50 bits per heavy atom. The van der Waals surface area contributed by atoms with Crippen LogP contribution >= 0.6 is 0 Å². The van der Waals surface area contributed by atoms with E-state index < -0.39 is 0 Å². The normalized spacial score (nSPS) is 43.9. The maximum atomic E-state index is 6.18. The largest absolute Gasteiger partial charge is 0.352 e. The highest BCUT2D eigenvalue weighted by Gasteiger charge is 2.35. The van der Waals surface area contributed by atoms with Gasteiger partial charge in [0.25, 0.3) is 0 Å². The zero-order valence-electron chi connectivity index (χ0n) is 14.8. The van der Waals surface area contributed by atoms with Gasteiger partial charge < -0.3 is 9.47 Å². The van der Waals surface area contributed by atoms with E-state index in [-0.39, 0.29) is 6.29 Å². The van der Waals surface area contributed by atoms with Crippen molar-refractivity contribution in [3.63, 3.8) is 0 Å². The van der Waals surface area contributed by atoms with Gasteiger partial charge in [-0.05, 0) is 43.4 Å². The van der Waals surface area contributed by atoms with Crippen LogP contribution in [0.2, 0.25) is 0 Å². The highest BCUT2D eigenvalue weighted by molar-refractivity contribution is 4.81. The average Bonchev–Trinajstić information content (AvgIpc) is 2.62. The number of hydrogen-bond acceptors (Lipinski definition) is 2.